The molecule has 1 fully saturated rings. The summed E-state index contributed by atoms with van der Waals surface area (Å²) in [6.45, 7) is 2.40. The molecule has 1 aromatic heterocycles. The first-order valence-corrected chi connectivity index (χ1v) is 9.58. The Balaban J connectivity index is 0.00000155. The molecule has 0 aliphatic heterocycles. The summed E-state index contributed by atoms with van der Waals surface area (Å²) in [6, 6.07) is 11.2. The minimum absolute atomic E-state index is 0.0522. The topological polar surface area (TPSA) is 78.9 Å². The van der Waals surface area contributed by atoms with Crippen molar-refractivity contribution in [2.45, 2.75) is 26.3 Å². The number of nitrogens with zero attached hydrogens (tertiary/aromatic N) is 1. The largest absolute Gasteiger partial charge is 0.487 e. The Labute approximate surface area is 177 Å². The molecule has 0 atom stereocenters. The number of aryl methyl sites for hydroxylation is 1. The van der Waals surface area contributed by atoms with Crippen LogP contribution < -0.4 is 10.3 Å². The van der Waals surface area contributed by atoms with Gasteiger partial charge in [0.1, 0.15) is 12.4 Å². The fourth-order valence-electron chi connectivity index (χ4n) is 2.65. The molecule has 0 unspecified atom stereocenters. The van der Waals surface area contributed by atoms with Gasteiger partial charge >= 0.3 is 0 Å². The highest BCUT2D eigenvalue weighted by molar-refractivity contribution is 5.96. The van der Waals surface area contributed by atoms with Crippen molar-refractivity contribution in [1.82, 2.24) is 4.57 Å². The number of ether oxygens (including phenoxy) is 1. The van der Waals surface area contributed by atoms with Crippen molar-refractivity contribution in [3.05, 3.63) is 75.7 Å². The molecule has 1 aromatic carbocycles. The number of terminal acetylenes is 1. The van der Waals surface area contributed by atoms with Gasteiger partial charge in [0.25, 0.3) is 5.56 Å². The van der Waals surface area contributed by atoms with Gasteiger partial charge in [-0.15, -0.1) is 12.8 Å². The maximum absolute atomic E-state index is 12.5. The van der Waals surface area contributed by atoms with Crippen molar-refractivity contribution in [1.29, 1.82) is 10.8 Å². The number of hydrogen-bond donors (Lipinski definition) is 2. The van der Waals surface area contributed by atoms with Gasteiger partial charge in [-0.1, -0.05) is 24.0 Å². The molecule has 5 nitrogen and oxygen atoms in total. The van der Waals surface area contributed by atoms with Crippen LogP contribution in [0.2, 0.25) is 0 Å². The Bertz CT molecular complexity index is 1060. The lowest BCUT2D eigenvalue weighted by atomic mass is 10.1. The third-order valence-electron chi connectivity index (χ3n) is 4.39. The van der Waals surface area contributed by atoms with Gasteiger partial charge < -0.3 is 20.1 Å². The van der Waals surface area contributed by atoms with E-state index in [9.17, 15) is 4.79 Å². The van der Waals surface area contributed by atoms with E-state index < -0.39 is 0 Å². The monoisotopic (exact) mass is 399 g/mol. The summed E-state index contributed by atoms with van der Waals surface area (Å²) in [4.78, 5) is 12.5. The van der Waals surface area contributed by atoms with Crippen molar-refractivity contribution >= 4 is 11.9 Å². The summed E-state index contributed by atoms with van der Waals surface area (Å²) in [6.07, 6.45) is 14.5. The van der Waals surface area contributed by atoms with Crippen molar-refractivity contribution in [2.24, 2.45) is 5.92 Å². The summed E-state index contributed by atoms with van der Waals surface area (Å²) in [7, 11) is 0. The summed E-state index contributed by atoms with van der Waals surface area (Å²) in [5.41, 5.74) is 2.92. The first-order valence-electron chi connectivity index (χ1n) is 9.58. The van der Waals surface area contributed by atoms with Crippen LogP contribution in [0.1, 0.15) is 29.7 Å². The zero-order valence-corrected chi connectivity index (χ0v) is 17.0. The summed E-state index contributed by atoms with van der Waals surface area (Å²) < 4.78 is 7.21. The van der Waals surface area contributed by atoms with Crippen LogP contribution in [-0.2, 0) is 6.54 Å². The number of pyridine rings is 1. The van der Waals surface area contributed by atoms with Crippen molar-refractivity contribution in [2.75, 3.05) is 6.61 Å². The van der Waals surface area contributed by atoms with Gasteiger partial charge in [-0.05, 0) is 55.7 Å². The minimum atomic E-state index is -0.144. The Morgan fingerprint density at radius 1 is 1.27 bits per heavy atom. The van der Waals surface area contributed by atoms with Crippen molar-refractivity contribution in [3.8, 4) is 30.4 Å². The second kappa shape index (κ2) is 11.2. The van der Waals surface area contributed by atoms with Crippen LogP contribution in [0.4, 0.5) is 0 Å². The van der Waals surface area contributed by atoms with Crippen LogP contribution in [0.3, 0.4) is 0 Å². The van der Waals surface area contributed by atoms with Gasteiger partial charge in [-0.2, -0.15) is 0 Å². The van der Waals surface area contributed by atoms with Crippen LogP contribution in [-0.4, -0.2) is 23.1 Å². The second-order valence-corrected chi connectivity index (χ2v) is 6.84. The molecule has 0 saturated heterocycles. The molecule has 0 spiro atoms. The predicted molar refractivity (Wildman–Crippen MR) is 122 cm³/mol. The molecule has 1 aliphatic carbocycles. The van der Waals surface area contributed by atoms with E-state index >= 15 is 0 Å². The molecule has 1 heterocycles. The highest BCUT2D eigenvalue weighted by Crippen LogP contribution is 2.27. The van der Waals surface area contributed by atoms with E-state index in [1.165, 1.54) is 31.1 Å². The molecular formula is C25H25N3O2. The number of nitrogens with one attached hydrogen (secondary N) is 2. The smallest absolute Gasteiger partial charge is 0.254 e. The zero-order valence-electron chi connectivity index (χ0n) is 17.0. The van der Waals surface area contributed by atoms with E-state index in [4.69, 9.17) is 15.6 Å². The molecule has 30 heavy (non-hydrogen) atoms. The summed E-state index contributed by atoms with van der Waals surface area (Å²) >= 11 is 0. The average molecular weight is 399 g/mol. The minimum Gasteiger partial charge on any atom is -0.487 e. The van der Waals surface area contributed by atoms with Gasteiger partial charge in [0.2, 0.25) is 0 Å². The normalized spacial score (nSPS) is 12.2. The summed E-state index contributed by atoms with van der Waals surface area (Å²) in [5.74, 6) is 7.47. The van der Waals surface area contributed by atoms with E-state index in [0.717, 1.165) is 23.0 Å². The average Bonchev–Trinajstić information content (AvgIpc) is 3.58. The molecule has 1 aliphatic rings. The van der Waals surface area contributed by atoms with E-state index in [-0.39, 0.29) is 17.9 Å². The SMILES string of the molecule is C#C.Cc1cc(OCC(=N)/C=C\C=N)cc(=O)n1Cc1ccc(C#CC2CC2)cc1. The number of rotatable bonds is 7. The van der Waals surface area contributed by atoms with Gasteiger partial charge in [0.05, 0.1) is 12.3 Å². The number of aromatic nitrogens is 1. The number of allylic oxidation sites excluding steroid dienone is 1. The maximum atomic E-state index is 12.5. The Kier molecular flexibility index (Phi) is 8.41. The molecule has 2 N–H and O–H groups in total. The Morgan fingerprint density at radius 3 is 2.57 bits per heavy atom. The van der Waals surface area contributed by atoms with E-state index in [2.05, 4.69) is 24.7 Å². The lowest BCUT2D eigenvalue weighted by molar-refractivity contribution is 0.374. The maximum Gasteiger partial charge on any atom is 0.254 e. The van der Waals surface area contributed by atoms with Gasteiger partial charge in [0.15, 0.2) is 0 Å². The highest BCUT2D eigenvalue weighted by Gasteiger charge is 2.17. The van der Waals surface area contributed by atoms with Crippen molar-refractivity contribution < 1.29 is 4.74 Å². The van der Waals surface area contributed by atoms with Gasteiger partial charge in [0, 0.05) is 29.5 Å². The second-order valence-electron chi connectivity index (χ2n) is 6.84. The first kappa shape index (κ1) is 22.5. The molecule has 152 valence electrons. The van der Waals surface area contributed by atoms with Crippen LogP contribution in [0, 0.1) is 48.3 Å². The van der Waals surface area contributed by atoms with Crippen molar-refractivity contribution in [3.63, 3.8) is 0 Å². The van der Waals surface area contributed by atoms with Gasteiger partial charge in [-0.3, -0.25) is 4.79 Å². The summed E-state index contributed by atoms with van der Waals surface area (Å²) in [5, 5.41) is 14.6. The molecule has 1 saturated carbocycles. The van der Waals surface area contributed by atoms with Gasteiger partial charge in [-0.25, -0.2) is 0 Å². The molecule has 2 aromatic rings. The fraction of sp³-hybridized carbons (Fsp3) is 0.240. The standard InChI is InChI=1S/C23H23N3O2.C2H2/c1-17-13-22(28-16-21(25)3-2-12-24)14-23(27)26(17)15-20-10-8-19(9-11-20)7-6-18-4-5-18;1-2/h2-3,8-14,18,24-25H,4-5,15-16H2,1H3;1-2H/b3-2-,24-12?,25-21?;. The van der Waals surface area contributed by atoms with Crippen LogP contribution in [0.15, 0.2) is 53.3 Å². The van der Waals surface area contributed by atoms with Crippen LogP contribution in [0.25, 0.3) is 0 Å². The number of benzene rings is 1. The molecule has 3 rings (SSSR count). The number of hydrogen-bond acceptors (Lipinski definition) is 4. The van der Waals surface area contributed by atoms with E-state index in [1.807, 2.05) is 31.2 Å². The molecular weight excluding hydrogens is 374 g/mol. The third kappa shape index (κ3) is 6.96. The molecule has 0 radical (unpaired) electrons. The molecule has 0 amide bonds. The van der Waals surface area contributed by atoms with E-state index in [0.29, 0.717) is 18.2 Å². The lowest BCUT2D eigenvalue weighted by Gasteiger charge is -2.12. The van der Waals surface area contributed by atoms with Crippen LogP contribution >= 0.6 is 0 Å². The van der Waals surface area contributed by atoms with Crippen LogP contribution in [0.5, 0.6) is 5.75 Å². The quantitative estimate of drug-likeness (QED) is 0.548. The highest BCUT2D eigenvalue weighted by atomic mass is 16.5. The lowest BCUT2D eigenvalue weighted by Crippen LogP contribution is -2.22. The molecule has 0 bridgehead atoms. The Morgan fingerprint density at radius 2 is 1.97 bits per heavy atom. The zero-order chi connectivity index (χ0) is 21.9. The fourth-order valence-corrected chi connectivity index (χ4v) is 2.65. The predicted octanol–water partition coefficient (Wildman–Crippen LogP) is 3.82. The van der Waals surface area contributed by atoms with E-state index in [1.54, 1.807) is 10.6 Å². The molecule has 5 heteroatoms. The Hall–Kier alpha value is -3.83. The third-order valence-corrected chi connectivity index (χ3v) is 4.39. The first-order chi connectivity index (χ1) is 14.5.